The third kappa shape index (κ3) is 14.6. The molecule has 9 heteroatoms. The van der Waals surface area contributed by atoms with Crippen LogP contribution in [-0.4, -0.2) is 15.0 Å². The molecule has 31 heavy (non-hydrogen) atoms. The quantitative estimate of drug-likeness (QED) is 0.151. The van der Waals surface area contributed by atoms with Gasteiger partial charge in [0.05, 0.1) is 0 Å². The molecule has 0 amide bonds. The molecular weight excluding hydrogens is 519 g/mol. The summed E-state index contributed by atoms with van der Waals surface area (Å²) in [4.78, 5) is 12.4. The van der Waals surface area contributed by atoms with E-state index in [2.05, 4.69) is 21.9 Å². The van der Waals surface area contributed by atoms with E-state index in [9.17, 15) is 0 Å². The first-order valence-electron chi connectivity index (χ1n) is 11.5. The number of rotatable bonds is 16. The van der Waals surface area contributed by atoms with Crippen molar-refractivity contribution < 1.29 is 0 Å². The molecule has 0 N–H and O–H groups in total. The maximum atomic E-state index is 5.90. The van der Waals surface area contributed by atoms with Gasteiger partial charge in [-0.05, 0) is 6.42 Å². The van der Waals surface area contributed by atoms with Crippen molar-refractivity contribution in [2.75, 3.05) is 0 Å². The minimum Gasteiger partial charge on any atom is -0.213 e. The van der Waals surface area contributed by atoms with E-state index in [-0.39, 0.29) is 11.6 Å². The zero-order valence-corrected chi connectivity index (χ0v) is 23.0. The standard InChI is InChI=1S/C22H35Cl6N3/c1-2-3-4-5-6-7-8-9-10-11-12-13-14-15-16-17-18-29-19(21(23,24)25)31-20(30-18)22(26,27)28/h2-17H2,1H3. The zero-order chi connectivity index (χ0) is 23.2. The van der Waals surface area contributed by atoms with Gasteiger partial charge in [-0.1, -0.05) is 166 Å². The lowest BCUT2D eigenvalue weighted by Gasteiger charge is -2.15. The van der Waals surface area contributed by atoms with E-state index in [0.717, 1.165) is 12.8 Å². The molecule has 0 spiro atoms. The smallest absolute Gasteiger partial charge is 0.213 e. The van der Waals surface area contributed by atoms with Crippen LogP contribution in [0, 0.1) is 0 Å². The van der Waals surface area contributed by atoms with Crippen molar-refractivity contribution in [1.82, 2.24) is 15.0 Å². The molecule has 1 heterocycles. The van der Waals surface area contributed by atoms with Crippen LogP contribution in [0.1, 0.15) is 121 Å². The van der Waals surface area contributed by atoms with Gasteiger partial charge in [0, 0.05) is 6.42 Å². The van der Waals surface area contributed by atoms with E-state index >= 15 is 0 Å². The Hall–Kier alpha value is 0.750. The molecule has 0 bridgehead atoms. The van der Waals surface area contributed by atoms with Gasteiger partial charge < -0.3 is 0 Å². The van der Waals surface area contributed by atoms with E-state index in [0.29, 0.717) is 12.2 Å². The second-order valence-corrected chi connectivity index (χ2v) is 12.7. The largest absolute Gasteiger partial charge is 0.250 e. The van der Waals surface area contributed by atoms with Crippen molar-refractivity contribution in [2.24, 2.45) is 0 Å². The first kappa shape index (κ1) is 29.8. The minimum absolute atomic E-state index is 0.0233. The van der Waals surface area contributed by atoms with E-state index in [4.69, 9.17) is 69.6 Å². The molecule has 0 aliphatic carbocycles. The third-order valence-corrected chi connectivity index (χ3v) is 6.21. The molecule has 0 atom stereocenters. The Morgan fingerprint density at radius 2 is 0.806 bits per heavy atom. The van der Waals surface area contributed by atoms with Gasteiger partial charge in [0.1, 0.15) is 5.82 Å². The summed E-state index contributed by atoms with van der Waals surface area (Å²) in [5, 5.41) is 0. The highest BCUT2D eigenvalue weighted by molar-refractivity contribution is 6.67. The van der Waals surface area contributed by atoms with Crippen molar-refractivity contribution in [3.63, 3.8) is 0 Å². The highest BCUT2D eigenvalue weighted by atomic mass is 35.6. The average Bonchev–Trinajstić information content (AvgIpc) is 2.69. The van der Waals surface area contributed by atoms with Crippen molar-refractivity contribution in [3.05, 3.63) is 17.5 Å². The predicted octanol–water partition coefficient (Wildman–Crippen LogP) is 9.94. The third-order valence-electron chi connectivity index (χ3n) is 5.19. The Morgan fingerprint density at radius 1 is 0.484 bits per heavy atom. The van der Waals surface area contributed by atoms with Gasteiger partial charge in [-0.15, -0.1) is 0 Å². The van der Waals surface area contributed by atoms with Gasteiger partial charge in [0.2, 0.25) is 7.59 Å². The summed E-state index contributed by atoms with van der Waals surface area (Å²) in [7, 11) is 0. The first-order valence-corrected chi connectivity index (χ1v) is 13.8. The number of nitrogens with zero attached hydrogens (tertiary/aromatic N) is 3. The Kier molecular flexibility index (Phi) is 15.7. The molecule has 1 aromatic rings. The van der Waals surface area contributed by atoms with Gasteiger partial charge >= 0.3 is 0 Å². The Balaban J connectivity index is 2.15. The van der Waals surface area contributed by atoms with Crippen LogP contribution in [0.4, 0.5) is 0 Å². The van der Waals surface area contributed by atoms with Crippen molar-refractivity contribution in [2.45, 2.75) is 117 Å². The molecule has 3 nitrogen and oxygen atoms in total. The molecule has 0 fully saturated rings. The molecule has 0 unspecified atom stereocenters. The van der Waals surface area contributed by atoms with Gasteiger partial charge in [-0.25, -0.2) is 15.0 Å². The Morgan fingerprint density at radius 3 is 1.13 bits per heavy atom. The summed E-state index contributed by atoms with van der Waals surface area (Å²) in [5.74, 6) is 0.432. The fraction of sp³-hybridized carbons (Fsp3) is 0.864. The minimum atomic E-state index is -1.79. The van der Waals surface area contributed by atoms with Gasteiger partial charge in [-0.3, -0.25) is 0 Å². The van der Waals surface area contributed by atoms with Crippen molar-refractivity contribution >= 4 is 69.6 Å². The maximum Gasteiger partial charge on any atom is 0.250 e. The summed E-state index contributed by atoms with van der Waals surface area (Å²) in [6, 6.07) is 0. The van der Waals surface area contributed by atoms with E-state index in [1.807, 2.05) is 0 Å². The maximum absolute atomic E-state index is 5.90. The molecule has 0 radical (unpaired) electrons. The SMILES string of the molecule is CCCCCCCCCCCCCCCCCc1nc(C(Cl)(Cl)Cl)nc(C(Cl)(Cl)Cl)n1. The molecule has 0 aliphatic rings. The summed E-state index contributed by atoms with van der Waals surface area (Å²) >= 11 is 35.4. The second-order valence-electron chi connectivity index (χ2n) is 8.09. The number of aromatic nitrogens is 3. The fourth-order valence-electron chi connectivity index (χ4n) is 3.44. The lowest BCUT2D eigenvalue weighted by molar-refractivity contribution is 0.531. The molecule has 0 saturated heterocycles. The first-order chi connectivity index (χ1) is 14.6. The van der Waals surface area contributed by atoms with Crippen molar-refractivity contribution in [3.8, 4) is 0 Å². The lowest BCUT2D eigenvalue weighted by Crippen LogP contribution is -2.18. The van der Waals surface area contributed by atoms with E-state index < -0.39 is 7.59 Å². The molecule has 0 saturated carbocycles. The van der Waals surface area contributed by atoms with Crippen LogP contribution in [0.2, 0.25) is 0 Å². The second kappa shape index (κ2) is 16.4. The number of halogens is 6. The van der Waals surface area contributed by atoms with Gasteiger partial charge in [0.15, 0.2) is 11.6 Å². The number of hydrogen-bond donors (Lipinski definition) is 0. The number of alkyl halides is 6. The van der Waals surface area contributed by atoms with Crippen LogP contribution >= 0.6 is 69.6 Å². The van der Waals surface area contributed by atoms with Crippen LogP contribution in [0.15, 0.2) is 0 Å². The molecule has 0 aromatic carbocycles. The number of unbranched alkanes of at least 4 members (excludes halogenated alkanes) is 14. The van der Waals surface area contributed by atoms with Crippen LogP contribution < -0.4 is 0 Å². The van der Waals surface area contributed by atoms with Crippen molar-refractivity contribution in [1.29, 1.82) is 0 Å². The molecule has 180 valence electrons. The van der Waals surface area contributed by atoms with Gasteiger partial charge in [0.25, 0.3) is 0 Å². The average molecular weight is 554 g/mol. The summed E-state index contributed by atoms with van der Waals surface area (Å²) in [5.41, 5.74) is 0. The summed E-state index contributed by atoms with van der Waals surface area (Å²) in [6.45, 7) is 2.27. The topological polar surface area (TPSA) is 38.7 Å². The van der Waals surface area contributed by atoms with Crippen LogP contribution in [0.3, 0.4) is 0 Å². The monoisotopic (exact) mass is 551 g/mol. The molecule has 1 aromatic heterocycles. The molecule has 1 rings (SSSR count). The fourth-order valence-corrected chi connectivity index (χ4v) is 3.95. The number of aryl methyl sites for hydroxylation is 1. The zero-order valence-electron chi connectivity index (χ0n) is 18.4. The Bertz CT molecular complexity index is 570. The number of hydrogen-bond acceptors (Lipinski definition) is 3. The van der Waals surface area contributed by atoms with E-state index in [1.54, 1.807) is 0 Å². The summed E-state index contributed by atoms with van der Waals surface area (Å²) < 4.78 is -3.59. The lowest BCUT2D eigenvalue weighted by atomic mass is 10.0. The van der Waals surface area contributed by atoms with Crippen LogP contribution in [0.5, 0.6) is 0 Å². The molecular formula is C22H35Cl6N3. The van der Waals surface area contributed by atoms with Gasteiger partial charge in [-0.2, -0.15) is 0 Å². The highest BCUT2D eigenvalue weighted by Crippen LogP contribution is 2.39. The van der Waals surface area contributed by atoms with Crippen LogP contribution in [-0.2, 0) is 14.0 Å². The van der Waals surface area contributed by atoms with E-state index in [1.165, 1.54) is 83.5 Å². The normalized spacial score (nSPS) is 12.5. The van der Waals surface area contributed by atoms with Crippen LogP contribution in [0.25, 0.3) is 0 Å². The predicted molar refractivity (Wildman–Crippen MR) is 137 cm³/mol. The Labute approximate surface area is 218 Å². The molecule has 0 aliphatic heterocycles. The highest BCUT2D eigenvalue weighted by Gasteiger charge is 2.33. The summed E-state index contributed by atoms with van der Waals surface area (Å²) in [6.07, 6.45) is 20.2.